The van der Waals surface area contributed by atoms with Gasteiger partial charge in [-0.2, -0.15) is 11.8 Å². The van der Waals surface area contributed by atoms with Gasteiger partial charge in [-0.15, -0.1) is 0 Å². The van der Waals surface area contributed by atoms with E-state index in [9.17, 15) is 9.18 Å². The van der Waals surface area contributed by atoms with Crippen LogP contribution in [0.4, 0.5) is 4.39 Å². The van der Waals surface area contributed by atoms with E-state index < -0.39 is 5.82 Å². The van der Waals surface area contributed by atoms with Gasteiger partial charge >= 0.3 is 0 Å². The number of carbonyl (C=O) groups excluding carboxylic acids is 1. The van der Waals surface area contributed by atoms with Crippen molar-refractivity contribution >= 4 is 33.6 Å². The van der Waals surface area contributed by atoms with Gasteiger partial charge in [0, 0.05) is 10.5 Å². The molecule has 1 aliphatic rings. The predicted octanol–water partition coefficient (Wildman–Crippen LogP) is 3.21. The van der Waals surface area contributed by atoms with E-state index in [-0.39, 0.29) is 11.9 Å². The van der Waals surface area contributed by atoms with Crippen LogP contribution in [-0.4, -0.2) is 23.5 Å². The zero-order chi connectivity index (χ0) is 12.3. The number of nitrogens with one attached hydrogen (secondary N) is 1. The molecule has 2 nitrogen and oxygen atoms in total. The Morgan fingerprint density at radius 3 is 2.82 bits per heavy atom. The van der Waals surface area contributed by atoms with Gasteiger partial charge in [-0.05, 0) is 58.5 Å². The molecule has 0 atom stereocenters. The van der Waals surface area contributed by atoms with Gasteiger partial charge in [0.05, 0.1) is 5.56 Å². The van der Waals surface area contributed by atoms with Crippen molar-refractivity contribution in [1.29, 1.82) is 0 Å². The number of amides is 1. The van der Waals surface area contributed by atoms with E-state index in [0.717, 1.165) is 24.3 Å². The maximum absolute atomic E-state index is 13.1. The molecule has 0 unspecified atom stereocenters. The SMILES string of the molecule is O=C(NC1CCSCC1)c1cc(F)ccc1Br. The summed E-state index contributed by atoms with van der Waals surface area (Å²) in [4.78, 5) is 12.0. The number of carbonyl (C=O) groups is 1. The summed E-state index contributed by atoms with van der Waals surface area (Å²) >= 11 is 5.17. The lowest BCUT2D eigenvalue weighted by atomic mass is 10.1. The van der Waals surface area contributed by atoms with Gasteiger partial charge in [0.25, 0.3) is 5.91 Å². The second-order valence-corrected chi connectivity index (χ2v) is 6.06. The monoisotopic (exact) mass is 317 g/mol. The average Bonchev–Trinajstić information content (AvgIpc) is 2.33. The molecule has 1 aromatic rings. The lowest BCUT2D eigenvalue weighted by Crippen LogP contribution is -2.37. The van der Waals surface area contributed by atoms with E-state index in [1.54, 1.807) is 6.07 Å². The third-order valence-electron chi connectivity index (χ3n) is 2.73. The summed E-state index contributed by atoms with van der Waals surface area (Å²) in [6, 6.07) is 4.37. The molecule has 5 heteroatoms. The van der Waals surface area contributed by atoms with Crippen LogP contribution < -0.4 is 5.32 Å². The molecule has 92 valence electrons. The second kappa shape index (κ2) is 5.87. The number of halogens is 2. The Kier molecular flexibility index (Phi) is 4.45. The Labute approximate surface area is 112 Å². The molecule has 1 aliphatic heterocycles. The summed E-state index contributed by atoms with van der Waals surface area (Å²) in [7, 11) is 0. The quantitative estimate of drug-likeness (QED) is 0.907. The van der Waals surface area contributed by atoms with Gasteiger partial charge in [-0.3, -0.25) is 4.79 Å². The average molecular weight is 318 g/mol. The minimum Gasteiger partial charge on any atom is -0.349 e. The Bertz CT molecular complexity index is 421. The van der Waals surface area contributed by atoms with Crippen LogP contribution in [0.3, 0.4) is 0 Å². The Morgan fingerprint density at radius 1 is 1.41 bits per heavy atom. The van der Waals surface area contributed by atoms with E-state index >= 15 is 0 Å². The van der Waals surface area contributed by atoms with Crippen molar-refractivity contribution in [1.82, 2.24) is 5.32 Å². The molecule has 1 aromatic carbocycles. The topological polar surface area (TPSA) is 29.1 Å². The highest BCUT2D eigenvalue weighted by molar-refractivity contribution is 9.10. The van der Waals surface area contributed by atoms with E-state index in [1.165, 1.54) is 12.1 Å². The van der Waals surface area contributed by atoms with Gasteiger partial charge in [-0.25, -0.2) is 4.39 Å². The fraction of sp³-hybridized carbons (Fsp3) is 0.417. The maximum atomic E-state index is 13.1. The van der Waals surface area contributed by atoms with Crippen LogP contribution >= 0.6 is 27.7 Å². The minimum atomic E-state index is -0.391. The molecule has 2 rings (SSSR count). The number of hydrogen-bond acceptors (Lipinski definition) is 2. The minimum absolute atomic E-state index is 0.201. The Balaban J connectivity index is 2.05. The van der Waals surface area contributed by atoms with Crippen molar-refractivity contribution in [2.45, 2.75) is 18.9 Å². The summed E-state index contributed by atoms with van der Waals surface area (Å²) in [5.41, 5.74) is 0.364. The number of thioether (sulfide) groups is 1. The van der Waals surface area contributed by atoms with Crippen LogP contribution in [0, 0.1) is 5.82 Å². The molecule has 0 spiro atoms. The highest BCUT2D eigenvalue weighted by atomic mass is 79.9. The third-order valence-corrected chi connectivity index (χ3v) is 4.47. The smallest absolute Gasteiger partial charge is 0.252 e. The van der Waals surface area contributed by atoms with Crippen molar-refractivity contribution in [2.75, 3.05) is 11.5 Å². The second-order valence-electron chi connectivity index (χ2n) is 3.98. The highest BCUT2D eigenvalue weighted by Crippen LogP contribution is 2.20. The number of rotatable bonds is 2. The first-order valence-corrected chi connectivity index (χ1v) is 7.45. The molecule has 0 bridgehead atoms. The van der Waals surface area contributed by atoms with Crippen molar-refractivity contribution < 1.29 is 9.18 Å². The summed E-state index contributed by atoms with van der Waals surface area (Å²) < 4.78 is 13.7. The van der Waals surface area contributed by atoms with Crippen LogP contribution in [0.15, 0.2) is 22.7 Å². The molecule has 1 amide bonds. The highest BCUT2D eigenvalue weighted by Gasteiger charge is 2.18. The van der Waals surface area contributed by atoms with Crippen LogP contribution in [-0.2, 0) is 0 Å². The van der Waals surface area contributed by atoms with Crippen LogP contribution in [0.2, 0.25) is 0 Å². The maximum Gasteiger partial charge on any atom is 0.252 e. The molecular formula is C12H13BrFNOS. The first kappa shape index (κ1) is 12.9. The zero-order valence-corrected chi connectivity index (χ0v) is 11.6. The molecule has 0 aromatic heterocycles. The van der Waals surface area contributed by atoms with Gasteiger partial charge in [0.2, 0.25) is 0 Å². The fourth-order valence-corrected chi connectivity index (χ4v) is 3.31. The van der Waals surface area contributed by atoms with Gasteiger partial charge < -0.3 is 5.32 Å². The van der Waals surface area contributed by atoms with Crippen LogP contribution in [0.5, 0.6) is 0 Å². The molecule has 0 aliphatic carbocycles. The van der Waals surface area contributed by atoms with Crippen molar-refractivity contribution in [3.8, 4) is 0 Å². The largest absolute Gasteiger partial charge is 0.349 e. The summed E-state index contributed by atoms with van der Waals surface area (Å²) in [5.74, 6) is 1.57. The first-order valence-electron chi connectivity index (χ1n) is 5.50. The zero-order valence-electron chi connectivity index (χ0n) is 9.21. The molecule has 1 heterocycles. The molecule has 1 N–H and O–H groups in total. The van der Waals surface area contributed by atoms with Crippen molar-refractivity contribution in [3.63, 3.8) is 0 Å². The Morgan fingerprint density at radius 2 is 2.12 bits per heavy atom. The molecule has 17 heavy (non-hydrogen) atoms. The standard InChI is InChI=1S/C12H13BrFNOS/c13-11-2-1-8(14)7-10(11)12(16)15-9-3-5-17-6-4-9/h1-2,7,9H,3-6H2,(H,15,16). The van der Waals surface area contributed by atoms with Gasteiger partial charge in [0.1, 0.15) is 5.82 Å². The third kappa shape index (κ3) is 3.45. The molecule has 0 saturated carbocycles. The number of benzene rings is 1. The summed E-state index contributed by atoms with van der Waals surface area (Å²) in [6.07, 6.45) is 1.98. The van der Waals surface area contributed by atoms with Crippen molar-refractivity contribution in [3.05, 3.63) is 34.1 Å². The van der Waals surface area contributed by atoms with E-state index in [1.807, 2.05) is 11.8 Å². The van der Waals surface area contributed by atoms with Crippen LogP contribution in [0.1, 0.15) is 23.2 Å². The summed E-state index contributed by atoms with van der Waals surface area (Å²) in [6.45, 7) is 0. The van der Waals surface area contributed by atoms with E-state index in [2.05, 4.69) is 21.2 Å². The fourth-order valence-electron chi connectivity index (χ4n) is 1.78. The lowest BCUT2D eigenvalue weighted by Gasteiger charge is -2.22. The van der Waals surface area contributed by atoms with Gasteiger partial charge in [0.15, 0.2) is 0 Å². The van der Waals surface area contributed by atoms with Crippen molar-refractivity contribution in [2.24, 2.45) is 0 Å². The molecule has 0 radical (unpaired) electrons. The van der Waals surface area contributed by atoms with Gasteiger partial charge in [-0.1, -0.05) is 0 Å². The van der Waals surface area contributed by atoms with E-state index in [4.69, 9.17) is 0 Å². The van der Waals surface area contributed by atoms with Crippen LogP contribution in [0.25, 0.3) is 0 Å². The Hall–Kier alpha value is -0.550. The first-order chi connectivity index (χ1) is 8.16. The van der Waals surface area contributed by atoms with E-state index in [0.29, 0.717) is 10.0 Å². The molecule has 1 saturated heterocycles. The molecule has 1 fully saturated rings. The lowest BCUT2D eigenvalue weighted by molar-refractivity contribution is 0.0933. The summed E-state index contributed by atoms with van der Waals surface area (Å²) in [5, 5.41) is 2.95. The predicted molar refractivity (Wildman–Crippen MR) is 71.9 cm³/mol. The molecular weight excluding hydrogens is 305 g/mol. The number of hydrogen-bond donors (Lipinski definition) is 1. The normalized spacial score (nSPS) is 16.8.